The largest absolute Gasteiger partial charge is 0.378 e. The van der Waals surface area contributed by atoms with Crippen LogP contribution in [0.2, 0.25) is 0 Å². The molecule has 3 N–H and O–H groups in total. The number of nitro groups is 1. The lowest BCUT2D eigenvalue weighted by atomic mass is 10.1. The van der Waals surface area contributed by atoms with Crippen molar-refractivity contribution in [3.05, 3.63) is 69.8 Å². The van der Waals surface area contributed by atoms with Gasteiger partial charge in [-0.15, -0.1) is 0 Å². The number of urea groups is 1. The Morgan fingerprint density at radius 3 is 2.58 bits per heavy atom. The molecule has 2 amide bonds. The number of hydrogen-bond donors (Lipinski definition) is 3. The first-order valence-corrected chi connectivity index (χ1v) is 7.85. The molecule has 2 aromatic carbocycles. The molecule has 0 saturated carbocycles. The maximum absolute atomic E-state index is 13.2. The monoisotopic (exact) mass is 364 g/mol. The second-order valence-corrected chi connectivity index (χ2v) is 5.50. The summed E-state index contributed by atoms with van der Waals surface area (Å²) in [6.45, 7) is 2.12. The molecule has 0 aliphatic heterocycles. The molecule has 0 saturated heterocycles. The number of amides is 2. The van der Waals surface area contributed by atoms with Crippen molar-refractivity contribution in [3.8, 4) is 0 Å². The van der Waals surface area contributed by atoms with Gasteiger partial charge in [0.15, 0.2) is 11.6 Å². The van der Waals surface area contributed by atoms with Crippen LogP contribution in [0.5, 0.6) is 0 Å². The molecule has 0 radical (unpaired) electrons. The van der Waals surface area contributed by atoms with Crippen molar-refractivity contribution in [2.45, 2.75) is 13.0 Å². The molecule has 0 aromatic heterocycles. The summed E-state index contributed by atoms with van der Waals surface area (Å²) in [4.78, 5) is 22.2. The first-order chi connectivity index (χ1) is 12.4. The van der Waals surface area contributed by atoms with Gasteiger partial charge >= 0.3 is 6.03 Å². The lowest BCUT2D eigenvalue weighted by Crippen LogP contribution is -2.39. The third-order valence-electron chi connectivity index (χ3n) is 3.62. The maximum atomic E-state index is 13.2. The molecule has 0 unspecified atom stereocenters. The zero-order valence-electron chi connectivity index (χ0n) is 14.0. The SMILES string of the molecule is C[C@H](NC(=O)NCCNc1ccccc1[N+](=O)[O-])c1ccc(F)c(F)c1. The molecule has 1 atom stereocenters. The van der Waals surface area contributed by atoms with E-state index in [1.54, 1.807) is 25.1 Å². The van der Waals surface area contributed by atoms with E-state index in [9.17, 15) is 23.7 Å². The van der Waals surface area contributed by atoms with Crippen molar-refractivity contribution in [2.75, 3.05) is 18.4 Å². The quantitative estimate of drug-likeness (QED) is 0.399. The Bertz CT molecular complexity index is 801. The molecular weight excluding hydrogens is 346 g/mol. The average Bonchev–Trinajstić information content (AvgIpc) is 2.61. The summed E-state index contributed by atoms with van der Waals surface area (Å²) in [7, 11) is 0. The smallest absolute Gasteiger partial charge is 0.315 e. The molecule has 2 rings (SSSR count). The highest BCUT2D eigenvalue weighted by Gasteiger charge is 2.13. The Hall–Kier alpha value is -3.23. The van der Waals surface area contributed by atoms with Crippen LogP contribution in [0.25, 0.3) is 0 Å². The Labute approximate surface area is 148 Å². The summed E-state index contributed by atoms with van der Waals surface area (Å²) in [6, 6.07) is 8.58. The van der Waals surface area contributed by atoms with Crippen LogP contribution in [0.4, 0.5) is 25.0 Å². The minimum Gasteiger partial charge on any atom is -0.378 e. The molecule has 0 aliphatic carbocycles. The molecule has 0 aliphatic rings. The van der Waals surface area contributed by atoms with Gasteiger partial charge in [0, 0.05) is 19.2 Å². The number of hydrogen-bond acceptors (Lipinski definition) is 4. The van der Waals surface area contributed by atoms with Gasteiger partial charge in [0.1, 0.15) is 5.69 Å². The van der Waals surface area contributed by atoms with Gasteiger partial charge in [0.2, 0.25) is 0 Å². The highest BCUT2D eigenvalue weighted by atomic mass is 19.2. The van der Waals surface area contributed by atoms with E-state index in [2.05, 4.69) is 16.0 Å². The van der Waals surface area contributed by atoms with Crippen LogP contribution in [0.15, 0.2) is 42.5 Å². The van der Waals surface area contributed by atoms with E-state index in [1.165, 1.54) is 12.1 Å². The number of carbonyl (C=O) groups excluding carboxylic acids is 1. The Balaban J connectivity index is 1.78. The number of anilines is 1. The van der Waals surface area contributed by atoms with Crippen molar-refractivity contribution < 1.29 is 18.5 Å². The summed E-state index contributed by atoms with van der Waals surface area (Å²) in [6.07, 6.45) is 0. The molecule has 0 fully saturated rings. The topological polar surface area (TPSA) is 96.3 Å². The van der Waals surface area contributed by atoms with Gasteiger partial charge in [-0.2, -0.15) is 0 Å². The fraction of sp³-hybridized carbons (Fsp3) is 0.235. The second-order valence-electron chi connectivity index (χ2n) is 5.50. The minimum atomic E-state index is -0.981. The Morgan fingerprint density at radius 1 is 1.15 bits per heavy atom. The first-order valence-electron chi connectivity index (χ1n) is 7.85. The summed E-state index contributed by atoms with van der Waals surface area (Å²) >= 11 is 0. The fourth-order valence-electron chi connectivity index (χ4n) is 2.27. The van der Waals surface area contributed by atoms with E-state index in [0.29, 0.717) is 11.3 Å². The molecule has 138 valence electrons. The van der Waals surface area contributed by atoms with E-state index < -0.39 is 28.6 Å². The van der Waals surface area contributed by atoms with Gasteiger partial charge in [0.25, 0.3) is 5.69 Å². The van der Waals surface area contributed by atoms with Crippen molar-refractivity contribution in [3.63, 3.8) is 0 Å². The van der Waals surface area contributed by atoms with Crippen LogP contribution in [0, 0.1) is 21.7 Å². The Morgan fingerprint density at radius 2 is 1.88 bits per heavy atom. The molecule has 0 heterocycles. The summed E-state index contributed by atoms with van der Waals surface area (Å²) in [5, 5.41) is 18.9. The lowest BCUT2D eigenvalue weighted by molar-refractivity contribution is -0.384. The third-order valence-corrected chi connectivity index (χ3v) is 3.62. The lowest BCUT2D eigenvalue weighted by Gasteiger charge is -2.15. The van der Waals surface area contributed by atoms with Gasteiger partial charge in [0.05, 0.1) is 11.0 Å². The molecule has 9 heteroatoms. The van der Waals surface area contributed by atoms with Crippen LogP contribution < -0.4 is 16.0 Å². The zero-order chi connectivity index (χ0) is 19.1. The van der Waals surface area contributed by atoms with Crippen molar-refractivity contribution in [1.29, 1.82) is 0 Å². The van der Waals surface area contributed by atoms with Gasteiger partial charge in [-0.25, -0.2) is 13.6 Å². The maximum Gasteiger partial charge on any atom is 0.315 e. The normalized spacial score (nSPS) is 11.5. The predicted molar refractivity (Wildman–Crippen MR) is 92.9 cm³/mol. The summed E-state index contributed by atoms with van der Waals surface area (Å²) in [5.41, 5.74) is 0.732. The van der Waals surface area contributed by atoms with Crippen LogP contribution in [0.1, 0.15) is 18.5 Å². The van der Waals surface area contributed by atoms with Crippen molar-refractivity contribution >= 4 is 17.4 Å². The number of nitrogens with zero attached hydrogens (tertiary/aromatic N) is 1. The van der Waals surface area contributed by atoms with Gasteiger partial charge in [-0.05, 0) is 30.7 Å². The number of nitrogens with one attached hydrogen (secondary N) is 3. The third kappa shape index (κ3) is 5.13. The molecule has 2 aromatic rings. The van der Waals surface area contributed by atoms with Gasteiger partial charge in [-0.1, -0.05) is 18.2 Å². The van der Waals surface area contributed by atoms with E-state index in [-0.39, 0.29) is 18.8 Å². The number of benzene rings is 2. The predicted octanol–water partition coefficient (Wildman–Crippen LogP) is 3.35. The van der Waals surface area contributed by atoms with E-state index in [0.717, 1.165) is 12.1 Å². The van der Waals surface area contributed by atoms with Crippen molar-refractivity contribution in [1.82, 2.24) is 10.6 Å². The molecular formula is C17H18F2N4O3. The fourth-order valence-corrected chi connectivity index (χ4v) is 2.27. The highest BCUT2D eigenvalue weighted by Crippen LogP contribution is 2.22. The van der Waals surface area contributed by atoms with Crippen LogP contribution in [-0.2, 0) is 0 Å². The highest BCUT2D eigenvalue weighted by molar-refractivity contribution is 5.74. The van der Waals surface area contributed by atoms with Crippen LogP contribution >= 0.6 is 0 Å². The minimum absolute atomic E-state index is 0.0519. The molecule has 7 nitrogen and oxygen atoms in total. The summed E-state index contributed by atoms with van der Waals surface area (Å²) < 4.78 is 26.1. The summed E-state index contributed by atoms with van der Waals surface area (Å²) in [5.74, 6) is -1.93. The van der Waals surface area contributed by atoms with E-state index >= 15 is 0 Å². The number of nitro benzene ring substituents is 1. The zero-order valence-corrected chi connectivity index (χ0v) is 14.0. The standard InChI is InChI=1S/C17H18F2N4O3/c1-11(12-6-7-13(18)14(19)10-12)22-17(24)21-9-8-20-15-4-2-3-5-16(15)23(25)26/h2-7,10-11,20H,8-9H2,1H3,(H2,21,22,24)/t11-/m0/s1. The number of carbonyl (C=O) groups is 1. The van der Waals surface area contributed by atoms with Gasteiger partial charge in [-0.3, -0.25) is 10.1 Å². The average molecular weight is 364 g/mol. The van der Waals surface area contributed by atoms with Gasteiger partial charge < -0.3 is 16.0 Å². The van der Waals surface area contributed by atoms with Crippen LogP contribution in [-0.4, -0.2) is 24.0 Å². The number of para-hydroxylation sites is 2. The number of halogens is 2. The Kier molecular flexibility index (Phi) is 6.42. The second kappa shape index (κ2) is 8.75. The molecule has 0 spiro atoms. The molecule has 0 bridgehead atoms. The van der Waals surface area contributed by atoms with E-state index in [4.69, 9.17) is 0 Å². The molecule has 26 heavy (non-hydrogen) atoms. The number of rotatable bonds is 7. The first kappa shape index (κ1) is 19.1. The van der Waals surface area contributed by atoms with Crippen molar-refractivity contribution in [2.24, 2.45) is 0 Å². The van der Waals surface area contributed by atoms with Crippen LogP contribution in [0.3, 0.4) is 0 Å². The van der Waals surface area contributed by atoms with E-state index in [1.807, 2.05) is 0 Å².